The van der Waals surface area contributed by atoms with E-state index in [2.05, 4.69) is 20.4 Å². The van der Waals surface area contributed by atoms with E-state index in [1.54, 1.807) is 36.8 Å². The number of aromatic nitrogens is 2. The molecule has 0 atom stereocenters. The predicted octanol–water partition coefficient (Wildman–Crippen LogP) is 4.35. The van der Waals surface area contributed by atoms with Crippen molar-refractivity contribution in [1.29, 1.82) is 0 Å². The summed E-state index contributed by atoms with van der Waals surface area (Å²) in [5.74, 6) is -0.459. The maximum Gasteiger partial charge on any atom is 0.573 e. The predicted molar refractivity (Wildman–Crippen MR) is 102 cm³/mol. The van der Waals surface area contributed by atoms with E-state index in [0.29, 0.717) is 23.5 Å². The summed E-state index contributed by atoms with van der Waals surface area (Å²) in [5.41, 5.74) is 1.81. The summed E-state index contributed by atoms with van der Waals surface area (Å²) in [6.07, 6.45) is 1.37. The number of aryl methyl sites for hydroxylation is 1. The van der Waals surface area contributed by atoms with Crippen molar-refractivity contribution in [3.8, 4) is 5.75 Å². The van der Waals surface area contributed by atoms with Crippen LogP contribution in [0.2, 0.25) is 0 Å². The van der Waals surface area contributed by atoms with E-state index < -0.39 is 6.36 Å². The maximum absolute atomic E-state index is 12.2. The molecule has 0 aliphatic rings. The third-order valence-electron chi connectivity index (χ3n) is 3.96. The van der Waals surface area contributed by atoms with Gasteiger partial charge in [0.05, 0.1) is 6.33 Å². The van der Waals surface area contributed by atoms with Crippen LogP contribution in [0.25, 0.3) is 0 Å². The Morgan fingerprint density at radius 1 is 1.03 bits per heavy atom. The number of hydrogen-bond donors (Lipinski definition) is 2. The molecule has 29 heavy (non-hydrogen) atoms. The number of amides is 1. The Morgan fingerprint density at radius 2 is 1.69 bits per heavy atom. The molecule has 152 valence electrons. The molecule has 0 fully saturated rings. The van der Waals surface area contributed by atoms with Crippen LogP contribution < -0.4 is 15.4 Å². The smallest absolute Gasteiger partial charge is 0.406 e. The minimum absolute atomic E-state index is 0.171. The fourth-order valence-electron chi connectivity index (χ4n) is 2.60. The van der Waals surface area contributed by atoms with E-state index in [1.165, 1.54) is 24.3 Å². The van der Waals surface area contributed by atoms with Crippen LogP contribution in [0.3, 0.4) is 0 Å². The molecule has 0 unspecified atom stereocenters. The number of nitrogens with one attached hydrogen (secondary N) is 2. The highest BCUT2D eigenvalue weighted by molar-refractivity contribution is 5.94. The molecule has 1 amide bonds. The maximum atomic E-state index is 12.2. The van der Waals surface area contributed by atoms with Crippen LogP contribution >= 0.6 is 0 Å². The Bertz CT molecular complexity index is 908. The first-order valence-electron chi connectivity index (χ1n) is 8.86. The highest BCUT2D eigenvalue weighted by atomic mass is 19.4. The summed E-state index contributed by atoms with van der Waals surface area (Å²) in [6.45, 7) is 1.32. The van der Waals surface area contributed by atoms with Crippen molar-refractivity contribution in [2.45, 2.75) is 19.3 Å². The SMILES string of the molecule is O=C(NCCCn1ccnc1)c1ccc(Nc2ccc(OC(F)(F)F)cc2)cc1. The first-order chi connectivity index (χ1) is 13.9. The second-order valence-corrected chi connectivity index (χ2v) is 6.18. The van der Waals surface area contributed by atoms with Crippen molar-refractivity contribution in [1.82, 2.24) is 14.9 Å². The van der Waals surface area contributed by atoms with Crippen molar-refractivity contribution < 1.29 is 22.7 Å². The Morgan fingerprint density at radius 3 is 2.28 bits per heavy atom. The van der Waals surface area contributed by atoms with Crippen molar-refractivity contribution in [3.05, 3.63) is 72.8 Å². The van der Waals surface area contributed by atoms with Gasteiger partial charge in [-0.3, -0.25) is 4.79 Å². The number of halogens is 3. The van der Waals surface area contributed by atoms with Gasteiger partial charge in [-0.25, -0.2) is 4.98 Å². The number of ether oxygens (including phenoxy) is 1. The molecule has 0 saturated carbocycles. The van der Waals surface area contributed by atoms with E-state index in [-0.39, 0.29) is 11.7 Å². The number of carbonyl (C=O) groups excluding carboxylic acids is 1. The zero-order valence-electron chi connectivity index (χ0n) is 15.3. The summed E-state index contributed by atoms with van der Waals surface area (Å²) in [5, 5.41) is 5.91. The number of imidazole rings is 1. The number of nitrogens with zero attached hydrogens (tertiary/aromatic N) is 2. The molecule has 9 heteroatoms. The van der Waals surface area contributed by atoms with Gasteiger partial charge in [0.15, 0.2) is 0 Å². The molecular formula is C20H19F3N4O2. The molecule has 0 aliphatic heterocycles. The minimum atomic E-state index is -4.72. The number of benzene rings is 2. The van der Waals surface area contributed by atoms with Gasteiger partial charge in [-0.1, -0.05) is 0 Å². The fourth-order valence-corrected chi connectivity index (χ4v) is 2.60. The zero-order chi connectivity index (χ0) is 20.7. The molecular weight excluding hydrogens is 385 g/mol. The molecule has 1 aromatic heterocycles. The molecule has 0 saturated heterocycles. The first-order valence-corrected chi connectivity index (χ1v) is 8.86. The van der Waals surface area contributed by atoms with Crippen LogP contribution in [0.4, 0.5) is 24.5 Å². The Labute approximate surface area is 165 Å². The summed E-state index contributed by atoms with van der Waals surface area (Å²) >= 11 is 0. The molecule has 0 bridgehead atoms. The molecule has 6 nitrogen and oxygen atoms in total. The van der Waals surface area contributed by atoms with E-state index in [1.807, 2.05) is 10.8 Å². The number of carbonyl (C=O) groups is 1. The highest BCUT2D eigenvalue weighted by Gasteiger charge is 2.30. The van der Waals surface area contributed by atoms with Gasteiger partial charge >= 0.3 is 6.36 Å². The van der Waals surface area contributed by atoms with E-state index in [4.69, 9.17) is 0 Å². The molecule has 3 aromatic rings. The average Bonchev–Trinajstić information content (AvgIpc) is 3.20. The lowest BCUT2D eigenvalue weighted by Gasteiger charge is -2.11. The fraction of sp³-hybridized carbons (Fsp3) is 0.200. The van der Waals surface area contributed by atoms with Gasteiger partial charge in [-0.05, 0) is 55.0 Å². The Kier molecular flexibility index (Phi) is 6.38. The quantitative estimate of drug-likeness (QED) is 0.548. The monoisotopic (exact) mass is 404 g/mol. The summed E-state index contributed by atoms with van der Waals surface area (Å²) in [4.78, 5) is 16.1. The van der Waals surface area contributed by atoms with Crippen LogP contribution in [0, 0.1) is 0 Å². The standard InChI is InChI=1S/C20H19F3N4O2/c21-20(22,23)29-18-8-6-17(7-9-18)26-16-4-2-15(3-5-16)19(28)25-10-1-12-27-13-11-24-14-27/h2-9,11,13-14,26H,1,10,12H2,(H,25,28). The Balaban J connectivity index is 1.47. The lowest BCUT2D eigenvalue weighted by Crippen LogP contribution is -2.25. The molecule has 0 aliphatic carbocycles. The van der Waals surface area contributed by atoms with Crippen molar-refractivity contribution >= 4 is 17.3 Å². The van der Waals surface area contributed by atoms with Crippen LogP contribution in [0.15, 0.2) is 67.3 Å². The normalized spacial score (nSPS) is 11.1. The average molecular weight is 404 g/mol. The van der Waals surface area contributed by atoms with Gasteiger partial charge in [0.1, 0.15) is 5.75 Å². The van der Waals surface area contributed by atoms with Gasteiger partial charge < -0.3 is 19.9 Å². The van der Waals surface area contributed by atoms with Crippen molar-refractivity contribution in [3.63, 3.8) is 0 Å². The summed E-state index contributed by atoms with van der Waals surface area (Å²) in [7, 11) is 0. The molecule has 0 spiro atoms. The Hall–Kier alpha value is -3.49. The van der Waals surface area contributed by atoms with Gasteiger partial charge in [0.25, 0.3) is 5.91 Å². The molecule has 1 heterocycles. The van der Waals surface area contributed by atoms with Crippen LogP contribution in [0.5, 0.6) is 5.75 Å². The van der Waals surface area contributed by atoms with Gasteiger partial charge in [0, 0.05) is 42.4 Å². The zero-order valence-corrected chi connectivity index (χ0v) is 15.3. The van der Waals surface area contributed by atoms with E-state index in [9.17, 15) is 18.0 Å². The third kappa shape index (κ3) is 6.56. The second kappa shape index (κ2) is 9.13. The molecule has 0 radical (unpaired) electrons. The van der Waals surface area contributed by atoms with Gasteiger partial charge in [-0.15, -0.1) is 13.2 Å². The largest absolute Gasteiger partial charge is 0.573 e. The van der Waals surface area contributed by atoms with Crippen LogP contribution in [0.1, 0.15) is 16.8 Å². The van der Waals surface area contributed by atoms with Crippen LogP contribution in [-0.4, -0.2) is 28.4 Å². The van der Waals surface area contributed by atoms with E-state index >= 15 is 0 Å². The lowest BCUT2D eigenvalue weighted by atomic mass is 10.2. The minimum Gasteiger partial charge on any atom is -0.406 e. The number of hydrogen-bond acceptors (Lipinski definition) is 4. The first kappa shape index (κ1) is 20.2. The number of alkyl halides is 3. The number of anilines is 2. The van der Waals surface area contributed by atoms with Gasteiger partial charge in [0.2, 0.25) is 0 Å². The molecule has 2 N–H and O–H groups in total. The van der Waals surface area contributed by atoms with Crippen molar-refractivity contribution in [2.24, 2.45) is 0 Å². The van der Waals surface area contributed by atoms with Crippen LogP contribution in [-0.2, 0) is 6.54 Å². The summed E-state index contributed by atoms with van der Waals surface area (Å²) in [6, 6.07) is 12.2. The topological polar surface area (TPSA) is 68.2 Å². The molecule has 2 aromatic carbocycles. The molecule has 3 rings (SSSR count). The van der Waals surface area contributed by atoms with E-state index in [0.717, 1.165) is 13.0 Å². The van der Waals surface area contributed by atoms with Crippen molar-refractivity contribution in [2.75, 3.05) is 11.9 Å². The summed E-state index contributed by atoms with van der Waals surface area (Å²) < 4.78 is 42.3. The highest BCUT2D eigenvalue weighted by Crippen LogP contribution is 2.25. The second-order valence-electron chi connectivity index (χ2n) is 6.18. The number of rotatable bonds is 8. The third-order valence-corrected chi connectivity index (χ3v) is 3.96. The lowest BCUT2D eigenvalue weighted by molar-refractivity contribution is -0.274. The van der Waals surface area contributed by atoms with Gasteiger partial charge in [-0.2, -0.15) is 0 Å².